The molecule has 0 radical (unpaired) electrons. The zero-order chi connectivity index (χ0) is 11.8. The van der Waals surface area contributed by atoms with Crippen molar-refractivity contribution in [3.8, 4) is 5.75 Å². The topological polar surface area (TPSA) is 34.0 Å². The Morgan fingerprint density at radius 3 is 2.44 bits per heavy atom. The normalized spacial score (nSPS) is 16.8. The minimum absolute atomic E-state index is 0.00719. The summed E-state index contributed by atoms with van der Waals surface area (Å²) in [6, 6.07) is 3.36. The van der Waals surface area contributed by atoms with Crippen molar-refractivity contribution in [2.24, 2.45) is 10.2 Å². The highest BCUT2D eigenvalue weighted by Gasteiger charge is 2.31. The van der Waals surface area contributed by atoms with E-state index in [-0.39, 0.29) is 16.3 Å². The Morgan fingerprint density at radius 1 is 1.25 bits per heavy atom. The van der Waals surface area contributed by atoms with E-state index in [1.807, 2.05) is 0 Å². The number of hydrogen-bond donors (Lipinski definition) is 0. The molecule has 1 aromatic rings. The summed E-state index contributed by atoms with van der Waals surface area (Å²) in [7, 11) is 3.23. The monoisotopic (exact) mass is 222 g/mol. The molecular formula is C11H13FN3O+. The van der Waals surface area contributed by atoms with Crippen molar-refractivity contribution in [2.45, 2.75) is 6.92 Å². The maximum atomic E-state index is 13.8. The third-order valence-corrected chi connectivity index (χ3v) is 2.65. The molecule has 0 spiro atoms. The van der Waals surface area contributed by atoms with Gasteiger partial charge in [0.1, 0.15) is 19.5 Å². The predicted octanol–water partition coefficient (Wildman–Crippen LogP) is 2.07. The highest BCUT2D eigenvalue weighted by Crippen LogP contribution is 2.33. The van der Waals surface area contributed by atoms with Crippen LogP contribution in [0.25, 0.3) is 0 Å². The Morgan fingerprint density at radius 2 is 1.88 bits per heavy atom. The van der Waals surface area contributed by atoms with Gasteiger partial charge >= 0.3 is 0 Å². The first-order valence-corrected chi connectivity index (χ1v) is 4.88. The Hall–Kier alpha value is -1.75. The van der Waals surface area contributed by atoms with Gasteiger partial charge in [-0.15, -0.1) is 0 Å². The van der Waals surface area contributed by atoms with E-state index in [9.17, 15) is 4.39 Å². The maximum Gasteiger partial charge on any atom is 0.192 e. The van der Waals surface area contributed by atoms with Crippen LogP contribution in [0.15, 0.2) is 22.3 Å². The first-order valence-electron chi connectivity index (χ1n) is 4.88. The fourth-order valence-electron chi connectivity index (χ4n) is 1.74. The van der Waals surface area contributed by atoms with E-state index in [4.69, 9.17) is 4.74 Å². The van der Waals surface area contributed by atoms with Gasteiger partial charge in [-0.2, -0.15) is 0 Å². The highest BCUT2D eigenvalue weighted by molar-refractivity contribution is 6.17. The lowest BCUT2D eigenvalue weighted by Gasteiger charge is -2.19. The van der Waals surface area contributed by atoms with Crippen LogP contribution in [0, 0.1) is 12.7 Å². The minimum atomic E-state index is -0.364. The van der Waals surface area contributed by atoms with Crippen molar-refractivity contribution in [1.82, 2.24) is 4.70 Å². The second-order valence-electron chi connectivity index (χ2n) is 3.67. The van der Waals surface area contributed by atoms with Crippen LogP contribution in [-0.4, -0.2) is 26.6 Å². The lowest BCUT2D eigenvalue weighted by molar-refractivity contribution is 0.365. The maximum absolute atomic E-state index is 13.8. The summed E-state index contributed by atoms with van der Waals surface area (Å²) in [6.45, 7) is 1.69. The standard InChI is InChI=1S/C11H13FN3O/c1-8-9(15(2)13-6-7-14-15)4-5-10(16-3)11(8)12/h4-7H,1-3H3/q+1. The van der Waals surface area contributed by atoms with Gasteiger partial charge in [-0.3, -0.25) is 0 Å². The molecule has 0 atom stereocenters. The fraction of sp³-hybridized carbons (Fsp3) is 0.273. The van der Waals surface area contributed by atoms with Crippen LogP contribution in [0.1, 0.15) is 5.56 Å². The Kier molecular flexibility index (Phi) is 2.47. The molecule has 5 heteroatoms. The minimum Gasteiger partial charge on any atom is -0.494 e. The molecule has 1 heterocycles. The van der Waals surface area contributed by atoms with Crippen molar-refractivity contribution in [3.05, 3.63) is 23.5 Å². The number of ether oxygens (including phenoxy) is 1. The van der Waals surface area contributed by atoms with E-state index >= 15 is 0 Å². The molecule has 4 nitrogen and oxygen atoms in total. The first kappa shape index (κ1) is 10.8. The van der Waals surface area contributed by atoms with Crippen LogP contribution in [-0.2, 0) is 0 Å². The van der Waals surface area contributed by atoms with Gasteiger partial charge in [-0.25, -0.2) is 4.39 Å². The molecule has 0 aliphatic carbocycles. The molecule has 0 saturated carbocycles. The molecule has 0 unspecified atom stereocenters. The van der Waals surface area contributed by atoms with Crippen molar-refractivity contribution in [1.29, 1.82) is 0 Å². The van der Waals surface area contributed by atoms with E-state index in [1.165, 1.54) is 7.11 Å². The number of rotatable bonds is 2. The Bertz CT molecular complexity index is 470. The number of benzene rings is 1. The van der Waals surface area contributed by atoms with Gasteiger partial charge < -0.3 is 4.74 Å². The zero-order valence-electron chi connectivity index (χ0n) is 9.44. The Labute approximate surface area is 93.2 Å². The number of nitrogens with zero attached hydrogens (tertiary/aromatic N) is 3. The molecule has 0 aromatic heterocycles. The second kappa shape index (κ2) is 3.68. The van der Waals surface area contributed by atoms with Gasteiger partial charge in [0.05, 0.1) is 12.7 Å². The summed E-state index contributed by atoms with van der Waals surface area (Å²) in [5, 5.41) is 8.36. The molecule has 0 saturated heterocycles. The third kappa shape index (κ3) is 1.49. The third-order valence-electron chi connectivity index (χ3n) is 2.65. The first-order chi connectivity index (χ1) is 7.58. The van der Waals surface area contributed by atoms with Crippen molar-refractivity contribution in [2.75, 3.05) is 14.2 Å². The van der Waals surface area contributed by atoms with Gasteiger partial charge in [0, 0.05) is 6.07 Å². The molecule has 0 fully saturated rings. The van der Waals surface area contributed by atoms with Crippen LogP contribution < -0.4 is 9.44 Å². The smallest absolute Gasteiger partial charge is 0.192 e. The number of methoxy groups -OCH3 is 1. The van der Waals surface area contributed by atoms with Gasteiger partial charge in [0.25, 0.3) is 0 Å². The Balaban J connectivity index is 2.55. The van der Waals surface area contributed by atoms with Crippen LogP contribution >= 0.6 is 0 Å². The summed E-state index contributed by atoms with van der Waals surface area (Å²) < 4.78 is 18.8. The number of hydrogen-bond acceptors (Lipinski definition) is 3. The SMILES string of the molecule is COc1ccc([N+]2(C)N=CC=N2)c(C)c1F. The van der Waals surface area contributed by atoms with E-state index in [1.54, 1.807) is 38.5 Å². The quantitative estimate of drug-likeness (QED) is 0.705. The molecule has 84 valence electrons. The molecule has 1 aliphatic heterocycles. The summed E-state index contributed by atoms with van der Waals surface area (Å²) in [5.41, 5.74) is 1.20. The van der Waals surface area contributed by atoms with E-state index < -0.39 is 0 Å². The summed E-state index contributed by atoms with van der Waals surface area (Å²) >= 11 is 0. The fourth-order valence-corrected chi connectivity index (χ4v) is 1.74. The molecule has 1 aromatic carbocycles. The molecule has 1 aliphatic rings. The lowest BCUT2D eigenvalue weighted by atomic mass is 10.1. The summed E-state index contributed by atoms with van der Waals surface area (Å²) in [5.74, 6) is -0.128. The average Bonchev–Trinajstić information content (AvgIpc) is 2.70. The van der Waals surface area contributed by atoms with Gasteiger partial charge in [0.15, 0.2) is 17.3 Å². The molecule has 0 bridgehead atoms. The molecule has 0 amide bonds. The van der Waals surface area contributed by atoms with Crippen LogP contribution in [0.5, 0.6) is 5.75 Å². The van der Waals surface area contributed by atoms with Crippen LogP contribution in [0.3, 0.4) is 0 Å². The van der Waals surface area contributed by atoms with Crippen molar-refractivity contribution < 1.29 is 9.13 Å². The van der Waals surface area contributed by atoms with Crippen molar-refractivity contribution >= 4 is 18.1 Å². The predicted molar refractivity (Wildman–Crippen MR) is 62.4 cm³/mol. The summed E-state index contributed by atoms with van der Waals surface area (Å²) in [6.07, 6.45) is 3.20. The van der Waals surface area contributed by atoms with E-state index in [2.05, 4.69) is 10.2 Å². The zero-order valence-corrected chi connectivity index (χ0v) is 9.44. The largest absolute Gasteiger partial charge is 0.494 e. The van der Waals surface area contributed by atoms with Gasteiger partial charge in [0.2, 0.25) is 0 Å². The molecule has 16 heavy (non-hydrogen) atoms. The van der Waals surface area contributed by atoms with E-state index in [0.29, 0.717) is 11.3 Å². The van der Waals surface area contributed by atoms with Gasteiger partial charge in [-0.05, 0) is 17.7 Å². The molecular weight excluding hydrogens is 209 g/mol. The van der Waals surface area contributed by atoms with E-state index in [0.717, 1.165) is 0 Å². The average molecular weight is 222 g/mol. The van der Waals surface area contributed by atoms with Crippen LogP contribution in [0.4, 0.5) is 10.1 Å². The second-order valence-corrected chi connectivity index (χ2v) is 3.67. The number of halogens is 1. The molecule has 0 N–H and O–H groups in total. The number of quaternary nitrogens is 1. The van der Waals surface area contributed by atoms with Crippen LogP contribution in [0.2, 0.25) is 0 Å². The molecule has 2 rings (SSSR count). The lowest BCUT2D eigenvalue weighted by Crippen LogP contribution is -2.31. The van der Waals surface area contributed by atoms with Gasteiger partial charge in [-0.1, -0.05) is 10.2 Å². The summed E-state index contributed by atoms with van der Waals surface area (Å²) in [4.78, 5) is 0. The van der Waals surface area contributed by atoms with Crippen molar-refractivity contribution in [3.63, 3.8) is 0 Å². The highest BCUT2D eigenvalue weighted by atomic mass is 19.1.